The van der Waals surface area contributed by atoms with E-state index >= 15 is 0 Å². The first-order chi connectivity index (χ1) is 9.52. The van der Waals surface area contributed by atoms with Gasteiger partial charge in [0.25, 0.3) is 0 Å². The molecule has 106 valence electrons. The summed E-state index contributed by atoms with van der Waals surface area (Å²) in [5.41, 5.74) is 3.41. The summed E-state index contributed by atoms with van der Waals surface area (Å²) < 4.78 is 0. The summed E-state index contributed by atoms with van der Waals surface area (Å²) in [5, 5.41) is 2.33. The predicted molar refractivity (Wildman–Crippen MR) is 92.4 cm³/mol. The van der Waals surface area contributed by atoms with Crippen LogP contribution in [0.15, 0.2) is 42.5 Å². The van der Waals surface area contributed by atoms with Gasteiger partial charge in [-0.2, -0.15) is 0 Å². The zero-order valence-corrected chi connectivity index (χ0v) is 14.5. The Balaban J connectivity index is 2.26. The lowest BCUT2D eigenvalue weighted by atomic mass is 10.1. The number of hydrogen-bond acceptors (Lipinski definition) is 1. The summed E-state index contributed by atoms with van der Waals surface area (Å²) in [5.74, 6) is 0. The molecule has 0 N–H and O–H groups in total. The predicted octanol–water partition coefficient (Wildman–Crippen LogP) is 6.09. The van der Waals surface area contributed by atoms with Gasteiger partial charge < -0.3 is 4.90 Å². The maximum absolute atomic E-state index is 6.38. The van der Waals surface area contributed by atoms with E-state index in [1.807, 2.05) is 37.4 Å². The van der Waals surface area contributed by atoms with Crippen LogP contribution in [0.25, 0.3) is 0 Å². The zero-order chi connectivity index (χ0) is 14.7. The highest BCUT2D eigenvalue weighted by Crippen LogP contribution is 2.32. The fourth-order valence-electron chi connectivity index (χ4n) is 2.09. The lowest BCUT2D eigenvalue weighted by Crippen LogP contribution is -2.21. The maximum atomic E-state index is 6.38. The average Bonchev–Trinajstić information content (AvgIpc) is 2.46. The number of anilines is 1. The lowest BCUT2D eigenvalue weighted by Gasteiger charge is -2.28. The second kappa shape index (κ2) is 6.84. The molecule has 2 aromatic rings. The first-order valence-corrected chi connectivity index (χ1v) is 8.23. The van der Waals surface area contributed by atoms with Crippen molar-refractivity contribution in [1.29, 1.82) is 0 Å². The minimum absolute atomic E-state index is 0.222. The van der Waals surface area contributed by atoms with E-state index in [9.17, 15) is 0 Å². The van der Waals surface area contributed by atoms with Gasteiger partial charge in [-0.3, -0.25) is 0 Å². The topological polar surface area (TPSA) is 3.24 Å². The van der Waals surface area contributed by atoms with E-state index in [1.54, 1.807) is 0 Å². The second-order valence-corrected chi connectivity index (χ2v) is 6.16. The van der Waals surface area contributed by atoms with E-state index in [0.717, 1.165) is 21.1 Å². The van der Waals surface area contributed by atoms with Crippen molar-refractivity contribution in [2.45, 2.75) is 18.3 Å². The molecule has 0 aliphatic carbocycles. The standard InChI is InChI=1S/C16H16BrCl2N/c1-11(13-4-6-14(18)7-5-13)20(2)16-8-3-12(10-17)9-15(16)19/h3-9,11H,10H2,1-2H3. The number of rotatable bonds is 4. The molecule has 1 nitrogen and oxygen atoms in total. The number of hydrogen-bond donors (Lipinski definition) is 0. The minimum Gasteiger partial charge on any atom is -0.367 e. The van der Waals surface area contributed by atoms with Crippen LogP contribution in [0.5, 0.6) is 0 Å². The van der Waals surface area contributed by atoms with Crippen molar-refractivity contribution in [2.24, 2.45) is 0 Å². The van der Waals surface area contributed by atoms with Crippen molar-refractivity contribution in [3.05, 3.63) is 63.6 Å². The summed E-state index contributed by atoms with van der Waals surface area (Å²) >= 11 is 15.7. The molecule has 0 radical (unpaired) electrons. The highest BCUT2D eigenvalue weighted by molar-refractivity contribution is 9.08. The molecular formula is C16H16BrCl2N. The van der Waals surface area contributed by atoms with Crippen molar-refractivity contribution in [3.8, 4) is 0 Å². The van der Waals surface area contributed by atoms with Gasteiger partial charge in [-0.25, -0.2) is 0 Å². The zero-order valence-electron chi connectivity index (χ0n) is 11.4. The summed E-state index contributed by atoms with van der Waals surface area (Å²) in [6, 6.07) is 14.3. The molecule has 0 bridgehead atoms. The van der Waals surface area contributed by atoms with E-state index in [2.05, 4.69) is 39.9 Å². The fraction of sp³-hybridized carbons (Fsp3) is 0.250. The number of halogens is 3. The quantitative estimate of drug-likeness (QED) is 0.587. The average molecular weight is 373 g/mol. The Hall–Kier alpha value is -0.700. The van der Waals surface area contributed by atoms with Crippen LogP contribution in [0.3, 0.4) is 0 Å². The van der Waals surface area contributed by atoms with Gasteiger partial charge >= 0.3 is 0 Å². The molecule has 2 rings (SSSR count). The first kappa shape index (κ1) is 15.7. The molecule has 20 heavy (non-hydrogen) atoms. The Morgan fingerprint density at radius 2 is 1.75 bits per heavy atom. The third-order valence-electron chi connectivity index (χ3n) is 3.48. The Morgan fingerprint density at radius 3 is 2.30 bits per heavy atom. The molecule has 0 aliphatic heterocycles. The van der Waals surface area contributed by atoms with E-state index < -0.39 is 0 Å². The molecule has 4 heteroatoms. The molecular weight excluding hydrogens is 357 g/mol. The molecule has 0 heterocycles. The molecule has 0 amide bonds. The molecule has 0 fully saturated rings. The molecule has 1 unspecified atom stereocenters. The summed E-state index contributed by atoms with van der Waals surface area (Å²) in [6.45, 7) is 2.15. The molecule has 0 spiro atoms. The van der Waals surface area contributed by atoms with Gasteiger partial charge in [0.2, 0.25) is 0 Å². The molecule has 1 atom stereocenters. The first-order valence-electron chi connectivity index (χ1n) is 6.35. The summed E-state index contributed by atoms with van der Waals surface area (Å²) in [7, 11) is 2.05. The fourth-order valence-corrected chi connectivity index (χ4v) is 2.90. The Kier molecular flexibility index (Phi) is 5.36. The molecule has 0 saturated carbocycles. The second-order valence-electron chi connectivity index (χ2n) is 4.76. The van der Waals surface area contributed by atoms with Gasteiger partial charge in [-0.15, -0.1) is 0 Å². The van der Waals surface area contributed by atoms with Gasteiger partial charge in [0.05, 0.1) is 16.8 Å². The van der Waals surface area contributed by atoms with Crippen molar-refractivity contribution in [1.82, 2.24) is 0 Å². The highest BCUT2D eigenvalue weighted by atomic mass is 79.9. The van der Waals surface area contributed by atoms with Crippen LogP contribution in [0.2, 0.25) is 10.0 Å². The lowest BCUT2D eigenvalue weighted by molar-refractivity contribution is 0.740. The van der Waals surface area contributed by atoms with E-state index in [1.165, 1.54) is 11.1 Å². The summed E-state index contributed by atoms with van der Waals surface area (Å²) in [4.78, 5) is 2.17. The number of alkyl halides is 1. The van der Waals surface area contributed by atoms with Crippen molar-refractivity contribution >= 4 is 44.8 Å². The third kappa shape index (κ3) is 3.49. The van der Waals surface area contributed by atoms with E-state index in [4.69, 9.17) is 23.2 Å². The van der Waals surface area contributed by atoms with E-state index in [0.29, 0.717) is 0 Å². The van der Waals surface area contributed by atoms with Gasteiger partial charge in [0, 0.05) is 17.4 Å². The normalized spacial score (nSPS) is 12.2. The Morgan fingerprint density at radius 1 is 1.10 bits per heavy atom. The SMILES string of the molecule is CC(c1ccc(Cl)cc1)N(C)c1ccc(CBr)cc1Cl. The van der Waals surface area contributed by atoms with Crippen LogP contribution in [0, 0.1) is 0 Å². The number of benzene rings is 2. The van der Waals surface area contributed by atoms with E-state index in [-0.39, 0.29) is 6.04 Å². The van der Waals surface area contributed by atoms with Crippen LogP contribution in [0.1, 0.15) is 24.1 Å². The summed E-state index contributed by atoms with van der Waals surface area (Å²) in [6.07, 6.45) is 0. The molecule has 2 aromatic carbocycles. The van der Waals surface area contributed by atoms with Crippen molar-refractivity contribution in [2.75, 3.05) is 11.9 Å². The Bertz CT molecular complexity index is 584. The van der Waals surface area contributed by atoms with Crippen LogP contribution in [-0.4, -0.2) is 7.05 Å². The van der Waals surface area contributed by atoms with Crippen molar-refractivity contribution in [3.63, 3.8) is 0 Å². The number of nitrogens with zero attached hydrogens (tertiary/aromatic N) is 1. The monoisotopic (exact) mass is 371 g/mol. The van der Waals surface area contributed by atoms with Gasteiger partial charge in [-0.05, 0) is 42.3 Å². The molecule has 0 aliphatic rings. The smallest absolute Gasteiger partial charge is 0.0642 e. The van der Waals surface area contributed by atoms with Gasteiger partial charge in [0.1, 0.15) is 0 Å². The van der Waals surface area contributed by atoms with Crippen molar-refractivity contribution < 1.29 is 0 Å². The highest BCUT2D eigenvalue weighted by Gasteiger charge is 2.15. The molecule has 0 aromatic heterocycles. The van der Waals surface area contributed by atoms with Crippen LogP contribution >= 0.6 is 39.1 Å². The Labute approximate surface area is 138 Å². The van der Waals surface area contributed by atoms with Crippen LogP contribution in [0.4, 0.5) is 5.69 Å². The van der Waals surface area contributed by atoms with Crippen LogP contribution < -0.4 is 4.90 Å². The minimum atomic E-state index is 0.222. The van der Waals surface area contributed by atoms with Crippen LogP contribution in [-0.2, 0) is 5.33 Å². The van der Waals surface area contributed by atoms with Gasteiger partial charge in [0.15, 0.2) is 0 Å². The molecule has 0 saturated heterocycles. The van der Waals surface area contributed by atoms with Gasteiger partial charge in [-0.1, -0.05) is 57.3 Å². The third-order valence-corrected chi connectivity index (χ3v) is 4.68. The maximum Gasteiger partial charge on any atom is 0.0642 e. The largest absolute Gasteiger partial charge is 0.367 e.